The van der Waals surface area contributed by atoms with E-state index in [1.165, 1.54) is 12.0 Å². The topological polar surface area (TPSA) is 38.3 Å². The first-order chi connectivity index (χ1) is 8.49. The maximum absolute atomic E-state index is 11.5. The third kappa shape index (κ3) is 4.26. The Balaban J connectivity index is 2.55. The van der Waals surface area contributed by atoms with E-state index in [2.05, 4.69) is 24.4 Å². The number of thioether (sulfide) groups is 1. The molecule has 0 saturated heterocycles. The number of methoxy groups -OCH3 is 1. The zero-order valence-corrected chi connectivity index (χ0v) is 12.3. The van der Waals surface area contributed by atoms with Gasteiger partial charge in [0, 0.05) is 17.1 Å². The van der Waals surface area contributed by atoms with Crippen molar-refractivity contribution in [3.05, 3.63) is 24.3 Å². The molecule has 1 rings (SSSR count). The number of ether oxygens (including phenoxy) is 1. The largest absolute Gasteiger partial charge is 0.469 e. The normalized spacial score (nSPS) is 11.1. The van der Waals surface area contributed by atoms with Crippen LogP contribution < -0.4 is 5.32 Å². The van der Waals surface area contributed by atoms with Crippen molar-refractivity contribution in [2.45, 2.75) is 25.7 Å². The van der Waals surface area contributed by atoms with Gasteiger partial charge in [0.15, 0.2) is 0 Å². The van der Waals surface area contributed by atoms with Gasteiger partial charge < -0.3 is 10.1 Å². The minimum Gasteiger partial charge on any atom is -0.469 e. The molecule has 0 aliphatic carbocycles. The Kier molecular flexibility index (Phi) is 5.54. The number of hydrogen-bond donors (Lipinski definition) is 1. The molecule has 0 saturated carbocycles. The van der Waals surface area contributed by atoms with Crippen molar-refractivity contribution in [1.29, 1.82) is 0 Å². The quantitative estimate of drug-likeness (QED) is 0.633. The molecule has 0 aliphatic heterocycles. The first-order valence-corrected chi connectivity index (χ1v) is 7.03. The van der Waals surface area contributed by atoms with Crippen LogP contribution in [0.3, 0.4) is 0 Å². The van der Waals surface area contributed by atoms with E-state index in [0.29, 0.717) is 6.54 Å². The van der Waals surface area contributed by atoms with Gasteiger partial charge >= 0.3 is 5.97 Å². The second-order valence-electron chi connectivity index (χ2n) is 4.69. The number of nitrogens with one attached hydrogen (secondary N) is 1. The smallest absolute Gasteiger partial charge is 0.313 e. The lowest BCUT2D eigenvalue weighted by Gasteiger charge is -2.22. The molecule has 0 unspecified atom stereocenters. The predicted octanol–water partition coefficient (Wildman–Crippen LogP) is 3.41. The summed E-state index contributed by atoms with van der Waals surface area (Å²) in [6.45, 7) is 6.43. The first-order valence-electron chi connectivity index (χ1n) is 6.04. The van der Waals surface area contributed by atoms with E-state index in [4.69, 9.17) is 4.74 Å². The highest BCUT2D eigenvalue weighted by molar-refractivity contribution is 7.99. The summed E-state index contributed by atoms with van der Waals surface area (Å²) < 4.78 is 4.77. The van der Waals surface area contributed by atoms with Gasteiger partial charge in [-0.1, -0.05) is 6.92 Å². The Morgan fingerprint density at radius 1 is 1.33 bits per heavy atom. The van der Waals surface area contributed by atoms with E-state index >= 15 is 0 Å². The lowest BCUT2D eigenvalue weighted by Crippen LogP contribution is -2.33. The third-order valence-corrected chi connectivity index (χ3v) is 3.53. The van der Waals surface area contributed by atoms with Crippen LogP contribution in [0.25, 0.3) is 0 Å². The third-order valence-electron chi connectivity index (χ3n) is 2.64. The molecule has 3 nitrogen and oxygen atoms in total. The second kappa shape index (κ2) is 6.69. The van der Waals surface area contributed by atoms with Crippen LogP contribution in [0.2, 0.25) is 0 Å². The molecule has 0 bridgehead atoms. The molecule has 1 aromatic carbocycles. The molecule has 0 atom stereocenters. The Morgan fingerprint density at radius 2 is 1.94 bits per heavy atom. The van der Waals surface area contributed by atoms with Crippen LogP contribution in [0.15, 0.2) is 29.2 Å². The van der Waals surface area contributed by atoms with Gasteiger partial charge in [0.1, 0.15) is 0 Å². The monoisotopic (exact) mass is 267 g/mol. The average Bonchev–Trinajstić information content (AvgIpc) is 2.37. The molecule has 1 N–H and O–H groups in total. The van der Waals surface area contributed by atoms with Crippen molar-refractivity contribution in [3.63, 3.8) is 0 Å². The van der Waals surface area contributed by atoms with Gasteiger partial charge in [-0.25, -0.2) is 0 Å². The summed E-state index contributed by atoms with van der Waals surface area (Å²) >= 11 is 1.81. The summed E-state index contributed by atoms with van der Waals surface area (Å²) in [4.78, 5) is 12.8. The second-order valence-corrected chi connectivity index (χ2v) is 6.02. The number of anilines is 1. The van der Waals surface area contributed by atoms with Crippen LogP contribution in [0, 0.1) is 5.41 Å². The van der Waals surface area contributed by atoms with E-state index in [1.54, 1.807) is 0 Å². The van der Waals surface area contributed by atoms with Crippen LogP contribution in [0.4, 0.5) is 5.69 Å². The molecule has 0 heterocycles. The van der Waals surface area contributed by atoms with E-state index < -0.39 is 5.41 Å². The van der Waals surface area contributed by atoms with Gasteiger partial charge in [-0.15, -0.1) is 11.8 Å². The van der Waals surface area contributed by atoms with Crippen molar-refractivity contribution in [2.24, 2.45) is 5.41 Å². The van der Waals surface area contributed by atoms with Gasteiger partial charge in [0.05, 0.1) is 12.5 Å². The zero-order valence-electron chi connectivity index (χ0n) is 11.4. The van der Waals surface area contributed by atoms with E-state index in [0.717, 1.165) is 11.4 Å². The molecular formula is C14H21NO2S. The number of rotatable bonds is 6. The average molecular weight is 267 g/mol. The van der Waals surface area contributed by atoms with Crippen molar-refractivity contribution in [2.75, 3.05) is 24.7 Å². The van der Waals surface area contributed by atoms with Gasteiger partial charge in [-0.3, -0.25) is 4.79 Å². The van der Waals surface area contributed by atoms with Crippen molar-refractivity contribution in [1.82, 2.24) is 0 Å². The fourth-order valence-electron chi connectivity index (χ4n) is 1.51. The van der Waals surface area contributed by atoms with Crippen LogP contribution in [-0.2, 0) is 9.53 Å². The Morgan fingerprint density at radius 3 is 2.44 bits per heavy atom. The Bertz CT molecular complexity index is 387. The lowest BCUT2D eigenvalue weighted by molar-refractivity contribution is -0.149. The SMILES string of the molecule is CCSc1ccc(NCC(C)(C)C(=O)OC)cc1. The summed E-state index contributed by atoms with van der Waals surface area (Å²) in [6.07, 6.45) is 0. The number of carbonyl (C=O) groups excluding carboxylic acids is 1. The molecule has 4 heteroatoms. The van der Waals surface area contributed by atoms with Gasteiger partial charge in [0.25, 0.3) is 0 Å². The number of carbonyl (C=O) groups is 1. The molecule has 100 valence electrons. The molecule has 0 aliphatic rings. The summed E-state index contributed by atoms with van der Waals surface area (Å²) in [5.41, 5.74) is 0.499. The fraction of sp³-hybridized carbons (Fsp3) is 0.500. The van der Waals surface area contributed by atoms with Gasteiger partial charge in [0.2, 0.25) is 0 Å². The van der Waals surface area contributed by atoms with Crippen molar-refractivity contribution >= 4 is 23.4 Å². The fourth-order valence-corrected chi connectivity index (χ4v) is 2.17. The van der Waals surface area contributed by atoms with E-state index in [1.807, 2.05) is 37.7 Å². The Labute approximate surface area is 113 Å². The van der Waals surface area contributed by atoms with Crippen LogP contribution >= 0.6 is 11.8 Å². The van der Waals surface area contributed by atoms with Crippen molar-refractivity contribution < 1.29 is 9.53 Å². The molecule has 1 aromatic rings. The van der Waals surface area contributed by atoms with E-state index in [-0.39, 0.29) is 5.97 Å². The van der Waals surface area contributed by atoms with Gasteiger partial charge in [-0.2, -0.15) is 0 Å². The number of esters is 1. The van der Waals surface area contributed by atoms with Crippen molar-refractivity contribution in [3.8, 4) is 0 Å². The highest BCUT2D eigenvalue weighted by Gasteiger charge is 2.28. The standard InChI is InChI=1S/C14H21NO2S/c1-5-18-12-8-6-11(7-9-12)15-10-14(2,3)13(16)17-4/h6-9,15H,5,10H2,1-4H3. The minimum atomic E-state index is -0.522. The summed E-state index contributed by atoms with van der Waals surface area (Å²) in [7, 11) is 1.42. The maximum atomic E-state index is 11.5. The summed E-state index contributed by atoms with van der Waals surface area (Å²) in [6, 6.07) is 8.24. The molecule has 0 aromatic heterocycles. The van der Waals surface area contributed by atoms with Crippen LogP contribution in [-0.4, -0.2) is 25.4 Å². The van der Waals surface area contributed by atoms with E-state index in [9.17, 15) is 4.79 Å². The molecule has 0 radical (unpaired) electrons. The summed E-state index contributed by atoms with van der Waals surface area (Å²) in [5, 5.41) is 3.26. The Hall–Kier alpha value is -1.16. The molecule has 0 spiro atoms. The van der Waals surface area contributed by atoms with Crippen LogP contribution in [0.1, 0.15) is 20.8 Å². The van der Waals surface area contributed by atoms with Crippen LogP contribution in [0.5, 0.6) is 0 Å². The molecule has 18 heavy (non-hydrogen) atoms. The lowest BCUT2D eigenvalue weighted by atomic mass is 9.93. The maximum Gasteiger partial charge on any atom is 0.313 e. The molecule has 0 fully saturated rings. The number of benzene rings is 1. The minimum absolute atomic E-state index is 0.201. The predicted molar refractivity (Wildman–Crippen MR) is 77.1 cm³/mol. The molecular weight excluding hydrogens is 246 g/mol. The first kappa shape index (κ1) is 14.9. The molecule has 0 amide bonds. The zero-order chi connectivity index (χ0) is 13.6. The highest BCUT2D eigenvalue weighted by atomic mass is 32.2. The number of hydrogen-bond acceptors (Lipinski definition) is 4. The summed E-state index contributed by atoms with van der Waals surface area (Å²) in [5.74, 6) is 0.871. The highest BCUT2D eigenvalue weighted by Crippen LogP contribution is 2.22. The van der Waals surface area contributed by atoms with Gasteiger partial charge in [-0.05, 0) is 43.9 Å².